The molecule has 7 heteroatoms. The average Bonchev–Trinajstić information content (AvgIpc) is 2.50. The summed E-state index contributed by atoms with van der Waals surface area (Å²) in [4.78, 5) is 0. The van der Waals surface area contributed by atoms with Crippen LogP contribution in [0.15, 0.2) is 17.2 Å². The minimum Gasteiger partial charge on any atom is -0.490 e. The van der Waals surface area contributed by atoms with Gasteiger partial charge in [-0.25, -0.2) is 0 Å². The summed E-state index contributed by atoms with van der Waals surface area (Å²) >= 11 is 0. The van der Waals surface area contributed by atoms with Crippen LogP contribution in [-0.2, 0) is 0 Å². The lowest BCUT2D eigenvalue weighted by Crippen LogP contribution is -2.02. The maximum absolute atomic E-state index is 9.15. The Hall–Kier alpha value is -3.24. The van der Waals surface area contributed by atoms with Crippen LogP contribution in [0.3, 0.4) is 0 Å². The van der Waals surface area contributed by atoms with Crippen LogP contribution in [0.25, 0.3) is 0 Å². The van der Waals surface area contributed by atoms with Crippen molar-refractivity contribution in [3.8, 4) is 29.7 Å². The molecular formula is C14H13N5O2. The Labute approximate surface area is 122 Å². The highest BCUT2D eigenvalue weighted by molar-refractivity contribution is 6.10. The molecule has 0 radical (unpaired) electrons. The molecule has 0 spiro atoms. The summed E-state index contributed by atoms with van der Waals surface area (Å²) in [6.07, 6.45) is 0. The van der Waals surface area contributed by atoms with Crippen molar-refractivity contribution in [2.75, 3.05) is 18.6 Å². The molecule has 0 amide bonds. The lowest BCUT2D eigenvalue weighted by molar-refractivity contribution is 0.288. The Morgan fingerprint density at radius 1 is 1.10 bits per heavy atom. The van der Waals surface area contributed by atoms with Crippen LogP contribution in [0.4, 0.5) is 5.69 Å². The van der Waals surface area contributed by atoms with E-state index in [1.807, 2.05) is 19.9 Å². The van der Waals surface area contributed by atoms with E-state index in [9.17, 15) is 0 Å². The zero-order valence-electron chi connectivity index (χ0n) is 11.7. The lowest BCUT2D eigenvalue weighted by Gasteiger charge is -2.13. The van der Waals surface area contributed by atoms with Gasteiger partial charge >= 0.3 is 0 Å². The molecule has 1 rings (SSSR count). The molecule has 0 unspecified atom stereocenters. The number of nitrogens with one attached hydrogen (secondary N) is 1. The number of nitrogens with zero attached hydrogens (tertiary/aromatic N) is 4. The maximum atomic E-state index is 9.15. The van der Waals surface area contributed by atoms with Gasteiger partial charge in [-0.05, 0) is 13.8 Å². The van der Waals surface area contributed by atoms with Gasteiger partial charge in [-0.3, -0.25) is 5.43 Å². The number of rotatable bonds is 6. The normalized spacial score (nSPS) is 8.71. The Balaban J connectivity index is 3.23. The first-order valence-electron chi connectivity index (χ1n) is 6.17. The molecule has 0 aliphatic heterocycles. The summed E-state index contributed by atoms with van der Waals surface area (Å²) in [5.41, 5.74) is 2.77. The van der Waals surface area contributed by atoms with Gasteiger partial charge in [0, 0.05) is 12.1 Å². The zero-order chi connectivity index (χ0) is 15.7. The number of hydrogen-bond donors (Lipinski definition) is 1. The summed E-state index contributed by atoms with van der Waals surface area (Å²) in [6.45, 7) is 4.51. The molecule has 1 aromatic carbocycles. The van der Waals surface area contributed by atoms with Crippen molar-refractivity contribution in [1.82, 2.24) is 0 Å². The number of nitriles is 3. The van der Waals surface area contributed by atoms with Gasteiger partial charge in [0.15, 0.2) is 11.5 Å². The lowest BCUT2D eigenvalue weighted by atomic mass is 10.1. The van der Waals surface area contributed by atoms with E-state index in [1.165, 1.54) is 6.07 Å². The van der Waals surface area contributed by atoms with Crippen LogP contribution in [-0.4, -0.2) is 18.9 Å². The number of anilines is 1. The van der Waals surface area contributed by atoms with Crippen molar-refractivity contribution in [3.63, 3.8) is 0 Å². The molecule has 0 heterocycles. The van der Waals surface area contributed by atoms with Crippen molar-refractivity contribution < 1.29 is 9.47 Å². The van der Waals surface area contributed by atoms with Crippen LogP contribution >= 0.6 is 0 Å². The van der Waals surface area contributed by atoms with Gasteiger partial charge in [-0.2, -0.15) is 20.9 Å². The second-order valence-corrected chi connectivity index (χ2v) is 3.62. The first-order valence-corrected chi connectivity index (χ1v) is 6.17. The predicted octanol–water partition coefficient (Wildman–Crippen LogP) is 2.17. The molecule has 0 aliphatic rings. The van der Waals surface area contributed by atoms with Crippen molar-refractivity contribution >= 4 is 11.4 Å². The van der Waals surface area contributed by atoms with Gasteiger partial charge in [-0.1, -0.05) is 0 Å². The van der Waals surface area contributed by atoms with Gasteiger partial charge < -0.3 is 9.47 Å². The topological polar surface area (TPSA) is 114 Å². The SMILES string of the molecule is CCOc1cc(C#N)c(NN=C(C#N)C#N)cc1OCC. The van der Waals surface area contributed by atoms with Crippen LogP contribution in [0.5, 0.6) is 11.5 Å². The van der Waals surface area contributed by atoms with E-state index in [4.69, 9.17) is 25.3 Å². The second kappa shape index (κ2) is 8.04. The number of hydrazone groups is 1. The van der Waals surface area contributed by atoms with E-state index in [1.54, 1.807) is 18.2 Å². The fraction of sp³-hybridized carbons (Fsp3) is 0.286. The van der Waals surface area contributed by atoms with Crippen molar-refractivity contribution in [2.45, 2.75) is 13.8 Å². The monoisotopic (exact) mass is 283 g/mol. The third kappa shape index (κ3) is 4.12. The van der Waals surface area contributed by atoms with Crippen LogP contribution in [0.1, 0.15) is 19.4 Å². The molecule has 0 fully saturated rings. The largest absolute Gasteiger partial charge is 0.490 e. The van der Waals surface area contributed by atoms with E-state index >= 15 is 0 Å². The molecule has 1 N–H and O–H groups in total. The Kier molecular flexibility index (Phi) is 6.05. The summed E-state index contributed by atoms with van der Waals surface area (Å²) in [5.74, 6) is 0.901. The summed E-state index contributed by atoms with van der Waals surface area (Å²) in [6, 6.07) is 8.29. The first kappa shape index (κ1) is 15.8. The number of benzene rings is 1. The van der Waals surface area contributed by atoms with E-state index in [0.29, 0.717) is 30.4 Å². The van der Waals surface area contributed by atoms with E-state index in [0.717, 1.165) is 0 Å². The molecule has 0 atom stereocenters. The van der Waals surface area contributed by atoms with Crippen LogP contribution in [0, 0.1) is 34.0 Å². The molecule has 7 nitrogen and oxygen atoms in total. The quantitative estimate of drug-likeness (QED) is 0.632. The predicted molar refractivity (Wildman–Crippen MR) is 75.8 cm³/mol. The van der Waals surface area contributed by atoms with Crippen molar-refractivity contribution in [1.29, 1.82) is 15.8 Å². The third-order valence-electron chi connectivity index (χ3n) is 2.30. The molecular weight excluding hydrogens is 270 g/mol. The molecule has 0 aliphatic carbocycles. The van der Waals surface area contributed by atoms with Gasteiger partial charge in [0.05, 0.1) is 24.5 Å². The van der Waals surface area contributed by atoms with Crippen LogP contribution in [0.2, 0.25) is 0 Å². The Morgan fingerprint density at radius 2 is 1.67 bits per heavy atom. The van der Waals surface area contributed by atoms with Gasteiger partial charge in [0.1, 0.15) is 18.2 Å². The van der Waals surface area contributed by atoms with Crippen molar-refractivity contribution in [2.24, 2.45) is 5.10 Å². The number of ether oxygens (including phenoxy) is 2. The molecule has 1 aromatic rings. The fourth-order valence-electron chi connectivity index (χ4n) is 1.47. The fourth-order valence-corrected chi connectivity index (χ4v) is 1.47. The molecule has 0 saturated heterocycles. The van der Waals surface area contributed by atoms with Gasteiger partial charge in [0.25, 0.3) is 0 Å². The smallest absolute Gasteiger partial charge is 0.237 e. The average molecular weight is 283 g/mol. The summed E-state index contributed by atoms with van der Waals surface area (Å²) in [7, 11) is 0. The molecule has 21 heavy (non-hydrogen) atoms. The van der Waals surface area contributed by atoms with Crippen molar-refractivity contribution in [3.05, 3.63) is 17.7 Å². The van der Waals surface area contributed by atoms with Gasteiger partial charge in [-0.15, -0.1) is 0 Å². The van der Waals surface area contributed by atoms with Gasteiger partial charge in [0.2, 0.25) is 5.71 Å². The minimum absolute atomic E-state index is 0.265. The first-order chi connectivity index (χ1) is 10.2. The molecule has 0 aromatic heterocycles. The molecule has 0 bridgehead atoms. The highest BCUT2D eigenvalue weighted by Crippen LogP contribution is 2.33. The minimum atomic E-state index is -0.342. The van der Waals surface area contributed by atoms with Crippen LogP contribution < -0.4 is 14.9 Å². The van der Waals surface area contributed by atoms with E-state index in [-0.39, 0.29) is 11.3 Å². The summed E-state index contributed by atoms with van der Waals surface area (Å²) < 4.78 is 10.8. The highest BCUT2D eigenvalue weighted by atomic mass is 16.5. The summed E-state index contributed by atoms with van der Waals surface area (Å²) in [5, 5.41) is 30.0. The zero-order valence-corrected chi connectivity index (χ0v) is 11.7. The maximum Gasteiger partial charge on any atom is 0.237 e. The second-order valence-electron chi connectivity index (χ2n) is 3.62. The van der Waals surface area contributed by atoms with E-state index < -0.39 is 0 Å². The standard InChI is InChI=1S/C14H13N5O2/c1-3-20-13-5-10(7-15)12(6-14(13)21-4-2)19-18-11(8-16)9-17/h5-6,19H,3-4H2,1-2H3. The molecule has 0 saturated carbocycles. The van der Waals surface area contributed by atoms with E-state index in [2.05, 4.69) is 10.5 Å². The Bertz CT molecular complexity index is 646. The third-order valence-corrected chi connectivity index (χ3v) is 2.30. The molecule has 106 valence electrons. The number of hydrogen-bond acceptors (Lipinski definition) is 7. The highest BCUT2D eigenvalue weighted by Gasteiger charge is 2.12. The Morgan fingerprint density at radius 3 is 2.14 bits per heavy atom.